The molecule has 102 valence electrons. The Bertz CT molecular complexity index is 525. The van der Waals surface area contributed by atoms with E-state index in [1.54, 1.807) is 23.5 Å². The van der Waals surface area contributed by atoms with Gasteiger partial charge in [-0.2, -0.15) is 0 Å². The molecule has 0 aliphatic heterocycles. The van der Waals surface area contributed by atoms with E-state index in [1.165, 1.54) is 10.9 Å². The first-order valence-electron chi connectivity index (χ1n) is 6.28. The second kappa shape index (κ2) is 6.51. The number of rotatable bonds is 5. The molecule has 0 radical (unpaired) electrons. The second-order valence-electron chi connectivity index (χ2n) is 4.85. The highest BCUT2D eigenvalue weighted by molar-refractivity contribution is 7.10. The molecule has 0 fully saturated rings. The maximum Gasteiger partial charge on any atom is 0.129 e. The van der Waals surface area contributed by atoms with Gasteiger partial charge in [-0.1, -0.05) is 37.6 Å². The fourth-order valence-corrected chi connectivity index (χ4v) is 3.15. The minimum Gasteiger partial charge on any atom is -0.305 e. The van der Waals surface area contributed by atoms with Gasteiger partial charge >= 0.3 is 0 Å². The Morgan fingerprint density at radius 2 is 2.11 bits per heavy atom. The molecule has 4 heteroatoms. The molecule has 0 saturated carbocycles. The van der Waals surface area contributed by atoms with Gasteiger partial charge in [0.1, 0.15) is 5.82 Å². The first-order valence-corrected chi connectivity index (χ1v) is 7.54. The Labute approximate surface area is 122 Å². The van der Waals surface area contributed by atoms with Crippen LogP contribution in [0.3, 0.4) is 0 Å². The smallest absolute Gasteiger partial charge is 0.129 e. The lowest BCUT2D eigenvalue weighted by molar-refractivity contribution is 0.412. The molecular formula is C15H17ClFNS. The largest absolute Gasteiger partial charge is 0.305 e. The Morgan fingerprint density at radius 3 is 2.68 bits per heavy atom. The average Bonchev–Trinajstić information content (AvgIpc) is 2.85. The van der Waals surface area contributed by atoms with Gasteiger partial charge in [0, 0.05) is 28.0 Å². The molecule has 1 heterocycles. The molecule has 1 aromatic heterocycles. The Morgan fingerprint density at radius 1 is 1.32 bits per heavy atom. The van der Waals surface area contributed by atoms with E-state index in [-0.39, 0.29) is 11.9 Å². The fraction of sp³-hybridized carbons (Fsp3) is 0.333. The molecule has 0 aliphatic carbocycles. The van der Waals surface area contributed by atoms with Crippen molar-refractivity contribution in [3.63, 3.8) is 0 Å². The van der Waals surface area contributed by atoms with Gasteiger partial charge in [0.25, 0.3) is 0 Å². The second-order valence-corrected chi connectivity index (χ2v) is 6.27. The summed E-state index contributed by atoms with van der Waals surface area (Å²) in [5.74, 6) is 0.197. The van der Waals surface area contributed by atoms with E-state index in [0.717, 1.165) is 0 Å². The summed E-state index contributed by atoms with van der Waals surface area (Å²) in [6, 6.07) is 9.21. The first-order chi connectivity index (χ1) is 9.08. The van der Waals surface area contributed by atoms with Crippen LogP contribution in [-0.2, 0) is 6.54 Å². The SMILES string of the molecule is CC(C)C(NCc1ccc(Cl)cc1F)c1cccs1. The zero-order valence-corrected chi connectivity index (χ0v) is 12.6. The fourth-order valence-electron chi connectivity index (χ4n) is 2.02. The summed E-state index contributed by atoms with van der Waals surface area (Å²) in [6.07, 6.45) is 0. The Kier molecular flexibility index (Phi) is 4.97. The molecule has 1 atom stereocenters. The van der Waals surface area contributed by atoms with Crippen LogP contribution in [0, 0.1) is 11.7 Å². The summed E-state index contributed by atoms with van der Waals surface area (Å²) in [4.78, 5) is 1.28. The van der Waals surface area contributed by atoms with Crippen LogP contribution in [0.4, 0.5) is 4.39 Å². The van der Waals surface area contributed by atoms with Crippen LogP contribution in [0.1, 0.15) is 30.3 Å². The van der Waals surface area contributed by atoms with Crippen molar-refractivity contribution in [3.05, 3.63) is 57.0 Å². The van der Waals surface area contributed by atoms with E-state index in [0.29, 0.717) is 23.0 Å². The van der Waals surface area contributed by atoms with Crippen molar-refractivity contribution in [2.45, 2.75) is 26.4 Å². The molecule has 0 amide bonds. The van der Waals surface area contributed by atoms with Crippen molar-refractivity contribution in [1.29, 1.82) is 0 Å². The Hall–Kier alpha value is -0.900. The molecule has 19 heavy (non-hydrogen) atoms. The first kappa shape index (κ1) is 14.5. The van der Waals surface area contributed by atoms with Gasteiger partial charge in [-0.25, -0.2) is 4.39 Å². The zero-order chi connectivity index (χ0) is 13.8. The molecule has 1 aromatic carbocycles. The van der Waals surface area contributed by atoms with Gasteiger partial charge in [-0.15, -0.1) is 11.3 Å². The average molecular weight is 298 g/mol. The van der Waals surface area contributed by atoms with Gasteiger partial charge in [-0.05, 0) is 29.5 Å². The van der Waals surface area contributed by atoms with Gasteiger partial charge < -0.3 is 5.32 Å². The van der Waals surface area contributed by atoms with E-state index in [2.05, 4.69) is 30.6 Å². The van der Waals surface area contributed by atoms with Crippen LogP contribution < -0.4 is 5.32 Å². The predicted octanol–water partition coefficient (Wildman–Crippen LogP) is 5.03. The maximum absolute atomic E-state index is 13.7. The van der Waals surface area contributed by atoms with Crippen LogP contribution in [0.2, 0.25) is 5.02 Å². The van der Waals surface area contributed by atoms with Crippen LogP contribution in [0.5, 0.6) is 0 Å². The topological polar surface area (TPSA) is 12.0 Å². The summed E-state index contributed by atoms with van der Waals surface area (Å²) in [6.45, 7) is 4.83. The lowest BCUT2D eigenvalue weighted by Crippen LogP contribution is -2.25. The maximum atomic E-state index is 13.7. The minimum atomic E-state index is -0.256. The normalized spacial score (nSPS) is 12.9. The molecule has 0 spiro atoms. The van der Waals surface area contributed by atoms with Gasteiger partial charge in [0.15, 0.2) is 0 Å². The number of hydrogen-bond donors (Lipinski definition) is 1. The van der Waals surface area contributed by atoms with Crippen LogP contribution in [0.25, 0.3) is 0 Å². The molecule has 2 aromatic rings. The highest BCUT2D eigenvalue weighted by atomic mass is 35.5. The molecule has 0 saturated heterocycles. The number of benzene rings is 1. The van der Waals surface area contributed by atoms with Crippen molar-refractivity contribution >= 4 is 22.9 Å². The van der Waals surface area contributed by atoms with Crippen LogP contribution in [-0.4, -0.2) is 0 Å². The van der Waals surface area contributed by atoms with E-state index >= 15 is 0 Å². The van der Waals surface area contributed by atoms with Gasteiger partial charge in [0.2, 0.25) is 0 Å². The highest BCUT2D eigenvalue weighted by Crippen LogP contribution is 2.26. The van der Waals surface area contributed by atoms with Crippen LogP contribution in [0.15, 0.2) is 35.7 Å². The molecular weight excluding hydrogens is 281 g/mol. The van der Waals surface area contributed by atoms with Gasteiger partial charge in [0.05, 0.1) is 0 Å². The number of hydrogen-bond acceptors (Lipinski definition) is 2. The van der Waals surface area contributed by atoms with Crippen molar-refractivity contribution in [2.24, 2.45) is 5.92 Å². The lowest BCUT2D eigenvalue weighted by atomic mass is 10.0. The third-order valence-corrected chi connectivity index (χ3v) is 4.23. The molecule has 1 N–H and O–H groups in total. The number of halogens is 2. The lowest BCUT2D eigenvalue weighted by Gasteiger charge is -2.21. The zero-order valence-electron chi connectivity index (χ0n) is 11.0. The van der Waals surface area contributed by atoms with Crippen molar-refractivity contribution in [2.75, 3.05) is 0 Å². The quantitative estimate of drug-likeness (QED) is 0.816. The van der Waals surface area contributed by atoms with Crippen molar-refractivity contribution in [1.82, 2.24) is 5.32 Å². The molecule has 2 rings (SSSR count). The number of nitrogens with one attached hydrogen (secondary N) is 1. The highest BCUT2D eigenvalue weighted by Gasteiger charge is 2.16. The minimum absolute atomic E-state index is 0.245. The summed E-state index contributed by atoms with van der Waals surface area (Å²) < 4.78 is 13.7. The summed E-state index contributed by atoms with van der Waals surface area (Å²) in [5, 5.41) is 5.92. The van der Waals surface area contributed by atoms with E-state index in [1.807, 2.05) is 6.07 Å². The third-order valence-electron chi connectivity index (χ3n) is 3.04. The molecule has 0 aliphatic rings. The third kappa shape index (κ3) is 3.78. The standard InChI is InChI=1S/C15H17ClFNS/c1-10(2)15(14-4-3-7-19-14)18-9-11-5-6-12(16)8-13(11)17/h3-8,10,15,18H,9H2,1-2H3. The van der Waals surface area contributed by atoms with E-state index in [9.17, 15) is 4.39 Å². The van der Waals surface area contributed by atoms with Crippen LogP contribution >= 0.6 is 22.9 Å². The van der Waals surface area contributed by atoms with E-state index in [4.69, 9.17) is 11.6 Å². The number of thiophene rings is 1. The monoisotopic (exact) mass is 297 g/mol. The summed E-state index contributed by atoms with van der Waals surface area (Å²) in [5.41, 5.74) is 0.645. The molecule has 0 bridgehead atoms. The van der Waals surface area contributed by atoms with E-state index < -0.39 is 0 Å². The Balaban J connectivity index is 2.07. The molecule has 1 unspecified atom stereocenters. The predicted molar refractivity (Wildman–Crippen MR) is 80.1 cm³/mol. The summed E-state index contributed by atoms with van der Waals surface area (Å²) >= 11 is 7.48. The molecule has 1 nitrogen and oxygen atoms in total. The van der Waals surface area contributed by atoms with Crippen molar-refractivity contribution < 1.29 is 4.39 Å². The summed E-state index contributed by atoms with van der Waals surface area (Å²) in [7, 11) is 0. The van der Waals surface area contributed by atoms with Gasteiger partial charge in [-0.3, -0.25) is 0 Å². The van der Waals surface area contributed by atoms with Crippen molar-refractivity contribution in [3.8, 4) is 0 Å².